The summed E-state index contributed by atoms with van der Waals surface area (Å²) in [5, 5.41) is 9.25. The molecule has 1 atom stereocenters. The molecule has 0 saturated heterocycles. The van der Waals surface area contributed by atoms with Gasteiger partial charge in [0.1, 0.15) is 6.10 Å². The summed E-state index contributed by atoms with van der Waals surface area (Å²) in [6, 6.07) is 0. The SMILES string of the molecule is CCCCCCCCCN(CCCO)CCCCCCCC(=O)OC(CCCCCI)CCCCCCC. The van der Waals surface area contributed by atoms with Gasteiger partial charge in [-0.1, -0.05) is 126 Å². The van der Waals surface area contributed by atoms with E-state index in [-0.39, 0.29) is 12.1 Å². The number of halogens is 1. The highest BCUT2D eigenvalue weighted by Gasteiger charge is 2.14. The fraction of sp³-hybridized carbons (Fsp3) is 0.970. The molecule has 4 nitrogen and oxygen atoms in total. The molecule has 0 aromatic heterocycles. The lowest BCUT2D eigenvalue weighted by molar-refractivity contribution is -0.150. The number of aliphatic hydroxyl groups is 1. The topological polar surface area (TPSA) is 49.8 Å². The molecule has 1 unspecified atom stereocenters. The van der Waals surface area contributed by atoms with Gasteiger partial charge >= 0.3 is 5.97 Å². The zero-order valence-electron chi connectivity index (χ0n) is 25.7. The van der Waals surface area contributed by atoms with Crippen molar-refractivity contribution in [3.05, 3.63) is 0 Å². The van der Waals surface area contributed by atoms with Crippen molar-refractivity contribution in [2.45, 2.75) is 174 Å². The summed E-state index contributed by atoms with van der Waals surface area (Å²) in [6.07, 6.45) is 29.0. The standard InChI is InChI=1S/C33H66INO3/c1-3-5-7-9-10-14-21-28-35(30-23-31-36)29-22-15-11-13-19-26-33(37)38-32(25-18-16-20-27-34)24-17-12-8-6-4-2/h32,36H,3-31H2,1-2H3. The van der Waals surface area contributed by atoms with E-state index in [1.807, 2.05) is 0 Å². The molecule has 0 bridgehead atoms. The third-order valence-corrected chi connectivity index (χ3v) is 8.42. The van der Waals surface area contributed by atoms with E-state index in [4.69, 9.17) is 4.74 Å². The second kappa shape index (κ2) is 31.6. The summed E-state index contributed by atoms with van der Waals surface area (Å²) in [7, 11) is 0. The number of carbonyl (C=O) groups is 1. The Balaban J connectivity index is 4.01. The van der Waals surface area contributed by atoms with Crippen LogP contribution in [0, 0.1) is 0 Å². The number of carbonyl (C=O) groups excluding carboxylic acids is 1. The predicted octanol–water partition coefficient (Wildman–Crippen LogP) is 10.0. The molecule has 0 saturated carbocycles. The van der Waals surface area contributed by atoms with E-state index in [9.17, 15) is 9.90 Å². The number of rotatable bonds is 31. The van der Waals surface area contributed by atoms with Gasteiger partial charge in [0, 0.05) is 19.6 Å². The normalized spacial score (nSPS) is 12.3. The molecular weight excluding hydrogens is 585 g/mol. The van der Waals surface area contributed by atoms with Gasteiger partial charge in [-0.25, -0.2) is 0 Å². The molecule has 0 aliphatic carbocycles. The highest BCUT2D eigenvalue weighted by atomic mass is 127. The minimum absolute atomic E-state index is 0.0299. The maximum absolute atomic E-state index is 12.5. The Kier molecular flexibility index (Phi) is 31.7. The van der Waals surface area contributed by atoms with Crippen LogP contribution in [0.2, 0.25) is 0 Å². The van der Waals surface area contributed by atoms with Crippen molar-refractivity contribution in [2.24, 2.45) is 0 Å². The summed E-state index contributed by atoms with van der Waals surface area (Å²) in [4.78, 5) is 15.1. The van der Waals surface area contributed by atoms with Gasteiger partial charge in [0.25, 0.3) is 0 Å². The quantitative estimate of drug-likeness (QED) is 0.0351. The van der Waals surface area contributed by atoms with E-state index >= 15 is 0 Å². The Bertz CT molecular complexity index is 477. The lowest BCUT2D eigenvalue weighted by atomic mass is 10.0. The maximum Gasteiger partial charge on any atom is 0.306 e. The second-order valence-corrected chi connectivity index (χ2v) is 12.5. The first-order valence-corrected chi connectivity index (χ1v) is 18.3. The third kappa shape index (κ3) is 27.7. The maximum atomic E-state index is 12.5. The van der Waals surface area contributed by atoms with Gasteiger partial charge in [0.15, 0.2) is 0 Å². The molecule has 0 spiro atoms. The van der Waals surface area contributed by atoms with Crippen molar-refractivity contribution >= 4 is 28.6 Å². The second-order valence-electron chi connectivity index (χ2n) is 11.4. The van der Waals surface area contributed by atoms with Gasteiger partial charge in [0.2, 0.25) is 0 Å². The number of ether oxygens (including phenoxy) is 1. The van der Waals surface area contributed by atoms with Crippen LogP contribution in [-0.4, -0.2) is 52.7 Å². The highest BCUT2D eigenvalue weighted by Crippen LogP contribution is 2.17. The predicted molar refractivity (Wildman–Crippen MR) is 174 cm³/mol. The lowest BCUT2D eigenvalue weighted by Gasteiger charge is -2.22. The zero-order valence-corrected chi connectivity index (χ0v) is 27.8. The van der Waals surface area contributed by atoms with Crippen molar-refractivity contribution in [2.75, 3.05) is 30.7 Å². The fourth-order valence-corrected chi connectivity index (χ4v) is 5.72. The first kappa shape index (κ1) is 38.1. The Morgan fingerprint density at radius 3 is 1.61 bits per heavy atom. The monoisotopic (exact) mass is 651 g/mol. The number of hydrogen-bond acceptors (Lipinski definition) is 4. The molecule has 0 fully saturated rings. The number of esters is 1. The molecule has 5 heteroatoms. The molecule has 0 heterocycles. The van der Waals surface area contributed by atoms with Crippen molar-refractivity contribution in [3.63, 3.8) is 0 Å². The largest absolute Gasteiger partial charge is 0.462 e. The number of nitrogens with zero attached hydrogens (tertiary/aromatic N) is 1. The van der Waals surface area contributed by atoms with Crippen LogP contribution in [0.25, 0.3) is 0 Å². The minimum Gasteiger partial charge on any atom is -0.462 e. The van der Waals surface area contributed by atoms with Crippen LogP contribution in [0.15, 0.2) is 0 Å². The number of alkyl halides is 1. The van der Waals surface area contributed by atoms with Crippen molar-refractivity contribution in [3.8, 4) is 0 Å². The summed E-state index contributed by atoms with van der Waals surface area (Å²) in [5.74, 6) is 0.0299. The van der Waals surface area contributed by atoms with E-state index in [1.165, 1.54) is 127 Å². The van der Waals surface area contributed by atoms with Gasteiger partial charge in [-0.15, -0.1) is 0 Å². The smallest absolute Gasteiger partial charge is 0.306 e. The van der Waals surface area contributed by atoms with Crippen molar-refractivity contribution in [1.82, 2.24) is 4.90 Å². The van der Waals surface area contributed by atoms with Crippen LogP contribution in [0.4, 0.5) is 0 Å². The minimum atomic E-state index is 0.0299. The van der Waals surface area contributed by atoms with Gasteiger partial charge in [-0.2, -0.15) is 0 Å². The van der Waals surface area contributed by atoms with Crippen molar-refractivity contribution in [1.29, 1.82) is 0 Å². The molecule has 0 aliphatic rings. The van der Waals surface area contributed by atoms with Crippen LogP contribution in [0.3, 0.4) is 0 Å². The molecule has 0 aromatic carbocycles. The van der Waals surface area contributed by atoms with Gasteiger partial charge in [0.05, 0.1) is 0 Å². The Labute approximate surface area is 252 Å². The summed E-state index contributed by atoms with van der Waals surface area (Å²) in [5.41, 5.74) is 0. The summed E-state index contributed by atoms with van der Waals surface area (Å²) in [6.45, 7) is 8.17. The van der Waals surface area contributed by atoms with E-state index in [2.05, 4.69) is 41.3 Å². The molecule has 38 heavy (non-hydrogen) atoms. The van der Waals surface area contributed by atoms with Crippen LogP contribution in [-0.2, 0) is 9.53 Å². The van der Waals surface area contributed by atoms with Gasteiger partial charge < -0.3 is 14.7 Å². The molecule has 0 amide bonds. The Morgan fingerprint density at radius 2 is 1.08 bits per heavy atom. The van der Waals surface area contributed by atoms with E-state index in [1.54, 1.807) is 0 Å². The molecule has 0 aliphatic heterocycles. The average molecular weight is 652 g/mol. The molecule has 228 valence electrons. The first-order valence-electron chi connectivity index (χ1n) is 16.8. The highest BCUT2D eigenvalue weighted by molar-refractivity contribution is 14.1. The average Bonchev–Trinajstić information content (AvgIpc) is 2.92. The molecule has 0 rings (SSSR count). The van der Waals surface area contributed by atoms with Crippen LogP contribution in [0.5, 0.6) is 0 Å². The fourth-order valence-electron chi connectivity index (χ4n) is 5.18. The number of aliphatic hydroxyl groups excluding tert-OH is 1. The third-order valence-electron chi connectivity index (χ3n) is 7.65. The van der Waals surface area contributed by atoms with Crippen molar-refractivity contribution < 1.29 is 14.6 Å². The van der Waals surface area contributed by atoms with E-state index in [0.717, 1.165) is 45.2 Å². The summed E-state index contributed by atoms with van der Waals surface area (Å²) >= 11 is 2.45. The van der Waals surface area contributed by atoms with Crippen LogP contribution >= 0.6 is 22.6 Å². The number of unbranched alkanes of at least 4 members (excludes halogenated alkanes) is 16. The molecule has 1 N–H and O–H groups in total. The Morgan fingerprint density at radius 1 is 0.632 bits per heavy atom. The zero-order chi connectivity index (χ0) is 27.9. The van der Waals surface area contributed by atoms with E-state index in [0.29, 0.717) is 13.0 Å². The van der Waals surface area contributed by atoms with E-state index < -0.39 is 0 Å². The van der Waals surface area contributed by atoms with Crippen LogP contribution < -0.4 is 0 Å². The van der Waals surface area contributed by atoms with Gasteiger partial charge in [-0.3, -0.25) is 4.79 Å². The van der Waals surface area contributed by atoms with Gasteiger partial charge in [-0.05, 0) is 75.3 Å². The molecule has 0 radical (unpaired) electrons. The Hall–Kier alpha value is 0.120. The number of hydrogen-bond donors (Lipinski definition) is 1. The first-order chi connectivity index (χ1) is 18.7. The van der Waals surface area contributed by atoms with Crippen LogP contribution in [0.1, 0.15) is 168 Å². The lowest BCUT2D eigenvalue weighted by Crippen LogP contribution is -2.27. The molecular formula is C33H66INO3. The molecule has 0 aromatic rings. The summed E-state index contributed by atoms with van der Waals surface area (Å²) < 4.78 is 7.16.